The Morgan fingerprint density at radius 3 is 2.12 bits per heavy atom. The summed E-state index contributed by atoms with van der Waals surface area (Å²) in [6, 6.07) is 16.0. The van der Waals surface area contributed by atoms with Crippen molar-refractivity contribution in [3.63, 3.8) is 0 Å². The summed E-state index contributed by atoms with van der Waals surface area (Å²) in [7, 11) is 0. The zero-order chi connectivity index (χ0) is 17.4. The summed E-state index contributed by atoms with van der Waals surface area (Å²) >= 11 is 5.10. The monoisotopic (exact) mass is 342 g/mol. The molecule has 2 amide bonds. The molecule has 2 aromatic carbocycles. The number of amides is 2. The van der Waals surface area contributed by atoms with E-state index in [0.29, 0.717) is 17.7 Å². The lowest BCUT2D eigenvalue weighted by Crippen LogP contribution is -2.43. The van der Waals surface area contributed by atoms with E-state index in [1.807, 2.05) is 30.3 Å². The Kier molecular flexibility index (Phi) is 6.27. The van der Waals surface area contributed by atoms with E-state index in [-0.39, 0.29) is 16.9 Å². The number of benzene rings is 2. The third kappa shape index (κ3) is 5.36. The first-order valence-corrected chi connectivity index (χ1v) is 7.81. The predicted molar refractivity (Wildman–Crippen MR) is 98.6 cm³/mol. The molecular formula is C17H18N4O2S. The molecule has 0 spiro atoms. The van der Waals surface area contributed by atoms with Crippen molar-refractivity contribution in [2.24, 2.45) is 0 Å². The minimum absolute atomic E-state index is 0.0776. The van der Waals surface area contributed by atoms with Crippen LogP contribution in [0.2, 0.25) is 0 Å². The van der Waals surface area contributed by atoms with Crippen LogP contribution in [-0.2, 0) is 4.79 Å². The summed E-state index contributed by atoms with van der Waals surface area (Å²) in [4.78, 5) is 23.3. The third-order valence-corrected chi connectivity index (χ3v) is 3.28. The molecule has 7 heteroatoms. The van der Waals surface area contributed by atoms with Crippen LogP contribution in [0.15, 0.2) is 54.6 Å². The van der Waals surface area contributed by atoms with Gasteiger partial charge in [-0.1, -0.05) is 25.1 Å². The van der Waals surface area contributed by atoms with Gasteiger partial charge in [-0.15, -0.1) is 0 Å². The van der Waals surface area contributed by atoms with Gasteiger partial charge in [-0.05, 0) is 48.6 Å². The second kappa shape index (κ2) is 8.64. The van der Waals surface area contributed by atoms with Crippen molar-refractivity contribution < 1.29 is 9.59 Å². The van der Waals surface area contributed by atoms with Crippen molar-refractivity contribution >= 4 is 40.5 Å². The molecule has 0 saturated heterocycles. The summed E-state index contributed by atoms with van der Waals surface area (Å²) in [5, 5.41) is 5.94. The van der Waals surface area contributed by atoms with Crippen molar-refractivity contribution in [3.05, 3.63) is 60.2 Å². The van der Waals surface area contributed by atoms with Crippen molar-refractivity contribution in [2.75, 3.05) is 10.6 Å². The summed E-state index contributed by atoms with van der Waals surface area (Å²) in [6.07, 6.45) is 0.401. The molecule has 0 heterocycles. The van der Waals surface area contributed by atoms with E-state index in [1.165, 1.54) is 0 Å². The second-order valence-electron chi connectivity index (χ2n) is 4.88. The first-order valence-electron chi connectivity index (χ1n) is 7.41. The van der Waals surface area contributed by atoms with E-state index in [9.17, 15) is 9.59 Å². The highest BCUT2D eigenvalue weighted by atomic mass is 32.1. The molecule has 2 rings (SSSR count). The lowest BCUT2D eigenvalue weighted by molar-refractivity contribution is -0.115. The molecule has 24 heavy (non-hydrogen) atoms. The maximum Gasteiger partial charge on any atom is 0.269 e. The second-order valence-corrected chi connectivity index (χ2v) is 5.29. The molecule has 0 bridgehead atoms. The molecule has 0 atom stereocenters. The highest BCUT2D eigenvalue weighted by Gasteiger charge is 2.06. The summed E-state index contributed by atoms with van der Waals surface area (Å²) in [5.41, 5.74) is 7.06. The molecule has 124 valence electrons. The number of carbonyl (C=O) groups is 2. The van der Waals surface area contributed by atoms with Crippen LogP contribution in [0.4, 0.5) is 11.4 Å². The van der Waals surface area contributed by atoms with Crippen LogP contribution in [0.1, 0.15) is 23.7 Å². The smallest absolute Gasteiger partial charge is 0.269 e. The van der Waals surface area contributed by atoms with Crippen LogP contribution in [0.25, 0.3) is 0 Å². The fourth-order valence-corrected chi connectivity index (χ4v) is 1.99. The number of carbonyl (C=O) groups excluding carboxylic acids is 2. The standard InChI is InChI=1S/C17H18N4O2S/c1-2-15(22)18-14-10-8-12(9-11-14)16(23)20-21-17(24)19-13-6-4-3-5-7-13/h3-11H,2H2,1H3,(H,18,22)(H,20,23)(H2,19,21,24). The number of hydrogen-bond acceptors (Lipinski definition) is 3. The molecule has 0 fully saturated rings. The van der Waals surface area contributed by atoms with Crippen molar-refractivity contribution in [3.8, 4) is 0 Å². The molecule has 0 aliphatic heterocycles. The average Bonchev–Trinajstić information content (AvgIpc) is 2.61. The molecule has 0 saturated carbocycles. The number of anilines is 2. The molecule has 0 aliphatic rings. The van der Waals surface area contributed by atoms with Crippen LogP contribution in [0, 0.1) is 0 Å². The SMILES string of the molecule is CCC(=O)Nc1ccc(C(=O)NNC(=S)Nc2ccccc2)cc1. The fraction of sp³-hybridized carbons (Fsp3) is 0.118. The van der Waals surface area contributed by atoms with Crippen LogP contribution >= 0.6 is 12.2 Å². The molecule has 0 unspecified atom stereocenters. The van der Waals surface area contributed by atoms with Gasteiger partial charge in [-0.2, -0.15) is 0 Å². The van der Waals surface area contributed by atoms with Crippen LogP contribution in [0.5, 0.6) is 0 Å². The quantitative estimate of drug-likeness (QED) is 0.507. The van der Waals surface area contributed by atoms with Gasteiger partial charge in [-0.25, -0.2) is 0 Å². The van der Waals surface area contributed by atoms with Gasteiger partial charge in [0.1, 0.15) is 0 Å². The van der Waals surface area contributed by atoms with Crippen LogP contribution < -0.4 is 21.5 Å². The molecule has 2 aromatic rings. The average molecular weight is 342 g/mol. The van der Waals surface area contributed by atoms with E-state index in [4.69, 9.17) is 12.2 Å². The highest BCUT2D eigenvalue weighted by molar-refractivity contribution is 7.80. The number of rotatable bonds is 4. The van der Waals surface area contributed by atoms with E-state index < -0.39 is 0 Å². The maximum absolute atomic E-state index is 12.0. The Bertz CT molecular complexity index is 717. The predicted octanol–water partition coefficient (Wildman–Crippen LogP) is 2.67. The largest absolute Gasteiger partial charge is 0.331 e. The topological polar surface area (TPSA) is 82.3 Å². The summed E-state index contributed by atoms with van der Waals surface area (Å²) < 4.78 is 0. The first kappa shape index (κ1) is 17.4. The van der Waals surface area contributed by atoms with Gasteiger partial charge in [0.05, 0.1) is 0 Å². The first-order chi connectivity index (χ1) is 11.6. The Morgan fingerprint density at radius 2 is 1.50 bits per heavy atom. The van der Waals surface area contributed by atoms with E-state index in [0.717, 1.165) is 5.69 Å². The van der Waals surface area contributed by atoms with Crippen molar-refractivity contribution in [1.29, 1.82) is 0 Å². The van der Waals surface area contributed by atoms with Crippen LogP contribution in [0.3, 0.4) is 0 Å². The molecule has 0 aliphatic carbocycles. The highest BCUT2D eigenvalue weighted by Crippen LogP contribution is 2.10. The number of hydrogen-bond donors (Lipinski definition) is 4. The van der Waals surface area contributed by atoms with Gasteiger partial charge in [0, 0.05) is 23.4 Å². The van der Waals surface area contributed by atoms with E-state index in [2.05, 4.69) is 21.5 Å². The Labute approximate surface area is 145 Å². The molecule has 6 nitrogen and oxygen atoms in total. The number of hydrazine groups is 1. The number of nitrogens with one attached hydrogen (secondary N) is 4. The van der Waals surface area contributed by atoms with Gasteiger partial charge >= 0.3 is 0 Å². The number of thiocarbonyl (C=S) groups is 1. The third-order valence-electron chi connectivity index (χ3n) is 3.07. The zero-order valence-corrected chi connectivity index (χ0v) is 13.9. The molecular weight excluding hydrogens is 324 g/mol. The van der Waals surface area contributed by atoms with E-state index in [1.54, 1.807) is 31.2 Å². The molecule has 0 aromatic heterocycles. The molecule has 4 N–H and O–H groups in total. The normalized spacial score (nSPS) is 9.71. The van der Waals surface area contributed by atoms with Gasteiger partial charge in [-0.3, -0.25) is 20.4 Å². The van der Waals surface area contributed by atoms with Crippen LogP contribution in [-0.4, -0.2) is 16.9 Å². The zero-order valence-electron chi connectivity index (χ0n) is 13.1. The maximum atomic E-state index is 12.0. The van der Waals surface area contributed by atoms with Gasteiger partial charge in [0.25, 0.3) is 5.91 Å². The van der Waals surface area contributed by atoms with Gasteiger partial charge in [0.2, 0.25) is 5.91 Å². The summed E-state index contributed by atoms with van der Waals surface area (Å²) in [6.45, 7) is 1.77. The van der Waals surface area contributed by atoms with Gasteiger partial charge < -0.3 is 10.6 Å². The lowest BCUT2D eigenvalue weighted by Gasteiger charge is -2.11. The molecule has 0 radical (unpaired) electrons. The minimum atomic E-state index is -0.333. The number of para-hydroxylation sites is 1. The summed E-state index contributed by atoms with van der Waals surface area (Å²) in [5.74, 6) is -0.410. The minimum Gasteiger partial charge on any atom is -0.331 e. The lowest BCUT2D eigenvalue weighted by atomic mass is 10.2. The van der Waals surface area contributed by atoms with Gasteiger partial charge in [0.15, 0.2) is 5.11 Å². The Balaban J connectivity index is 1.83. The Hall–Kier alpha value is -2.93. The van der Waals surface area contributed by atoms with E-state index >= 15 is 0 Å². The Morgan fingerprint density at radius 1 is 0.875 bits per heavy atom. The van der Waals surface area contributed by atoms with Crippen molar-refractivity contribution in [1.82, 2.24) is 10.9 Å². The fourth-order valence-electron chi connectivity index (χ4n) is 1.82. The van der Waals surface area contributed by atoms with Crippen molar-refractivity contribution in [2.45, 2.75) is 13.3 Å².